The highest BCUT2D eigenvalue weighted by molar-refractivity contribution is 6.31. The molecule has 2 aromatic carbocycles. The van der Waals surface area contributed by atoms with E-state index in [-0.39, 0.29) is 29.6 Å². The maximum atomic E-state index is 12.8. The van der Waals surface area contributed by atoms with Gasteiger partial charge in [0.15, 0.2) is 0 Å². The van der Waals surface area contributed by atoms with E-state index in [1.165, 1.54) is 4.90 Å². The van der Waals surface area contributed by atoms with E-state index >= 15 is 0 Å². The van der Waals surface area contributed by atoms with Crippen LogP contribution in [0.5, 0.6) is 0 Å². The number of rotatable bonds is 3. The lowest BCUT2D eigenvalue weighted by Crippen LogP contribution is -2.31. The Morgan fingerprint density at radius 3 is 2.39 bits per heavy atom. The first kappa shape index (κ1) is 18.4. The quantitative estimate of drug-likeness (QED) is 0.621. The zero-order valence-electron chi connectivity index (χ0n) is 15.3. The summed E-state index contributed by atoms with van der Waals surface area (Å²) in [5.41, 5.74) is 2.30. The third-order valence-electron chi connectivity index (χ3n) is 5.32. The average molecular weight is 395 g/mol. The Kier molecular flexibility index (Phi) is 4.77. The number of hydrogen-bond donors (Lipinski definition) is 1. The third-order valence-corrected chi connectivity index (χ3v) is 5.56. The van der Waals surface area contributed by atoms with Crippen LogP contribution in [-0.4, -0.2) is 17.7 Å². The van der Waals surface area contributed by atoms with Crippen LogP contribution in [0.2, 0.25) is 5.02 Å². The highest BCUT2D eigenvalue weighted by Gasteiger charge is 2.47. The molecule has 3 amide bonds. The number of fused-ring (bicyclic) bond motifs is 1. The molecule has 0 bridgehead atoms. The van der Waals surface area contributed by atoms with Crippen molar-refractivity contribution in [2.45, 2.75) is 19.8 Å². The van der Waals surface area contributed by atoms with Crippen LogP contribution in [0.4, 0.5) is 11.4 Å². The Morgan fingerprint density at radius 1 is 1.04 bits per heavy atom. The van der Waals surface area contributed by atoms with Gasteiger partial charge in [0.05, 0.1) is 17.5 Å². The van der Waals surface area contributed by atoms with Crippen molar-refractivity contribution in [1.82, 2.24) is 0 Å². The summed E-state index contributed by atoms with van der Waals surface area (Å²) >= 11 is 6.01. The summed E-state index contributed by atoms with van der Waals surface area (Å²) in [6, 6.07) is 11.9. The molecule has 0 spiro atoms. The van der Waals surface area contributed by atoms with Crippen LogP contribution in [0.25, 0.3) is 0 Å². The molecule has 2 aliphatic rings. The Bertz CT molecular complexity index is 989. The minimum atomic E-state index is -0.328. The van der Waals surface area contributed by atoms with Gasteiger partial charge in [-0.15, -0.1) is 0 Å². The molecule has 1 saturated heterocycles. The molecule has 142 valence electrons. The predicted molar refractivity (Wildman–Crippen MR) is 108 cm³/mol. The van der Waals surface area contributed by atoms with Gasteiger partial charge < -0.3 is 5.32 Å². The van der Waals surface area contributed by atoms with Gasteiger partial charge in [-0.25, -0.2) is 0 Å². The molecule has 1 aliphatic heterocycles. The Labute approximate surface area is 168 Å². The second-order valence-electron chi connectivity index (χ2n) is 7.13. The standard InChI is InChI=1S/C22H19ClN2O3/c1-13-9-10-15(23)12-19(13)24-20(26)14-5-4-6-16(11-14)25-21(27)17-7-2-3-8-18(17)22(25)28/h2-6,9-12,17-18H,7-8H2,1H3,(H,24,26)/t17-,18-/m1/s1. The van der Waals surface area contributed by atoms with E-state index in [1.54, 1.807) is 36.4 Å². The molecule has 1 heterocycles. The van der Waals surface area contributed by atoms with E-state index in [9.17, 15) is 14.4 Å². The van der Waals surface area contributed by atoms with Crippen molar-refractivity contribution in [3.05, 3.63) is 70.8 Å². The lowest BCUT2D eigenvalue weighted by Gasteiger charge is -2.16. The summed E-state index contributed by atoms with van der Waals surface area (Å²) in [4.78, 5) is 39.5. The molecule has 1 N–H and O–H groups in total. The van der Waals surface area contributed by atoms with E-state index in [2.05, 4.69) is 5.32 Å². The molecular formula is C22H19ClN2O3. The molecule has 2 atom stereocenters. The molecule has 4 rings (SSSR count). The first-order chi connectivity index (χ1) is 13.5. The first-order valence-corrected chi connectivity index (χ1v) is 9.54. The first-order valence-electron chi connectivity index (χ1n) is 9.16. The van der Waals surface area contributed by atoms with Gasteiger partial charge >= 0.3 is 0 Å². The van der Waals surface area contributed by atoms with E-state index in [4.69, 9.17) is 11.6 Å². The molecule has 0 radical (unpaired) electrons. The van der Waals surface area contributed by atoms with Crippen molar-refractivity contribution in [3.8, 4) is 0 Å². The molecule has 1 aliphatic carbocycles. The van der Waals surface area contributed by atoms with Crippen LogP contribution in [-0.2, 0) is 9.59 Å². The fourth-order valence-corrected chi connectivity index (χ4v) is 3.94. The normalized spacial score (nSPS) is 21.0. The van der Waals surface area contributed by atoms with Crippen LogP contribution in [0.15, 0.2) is 54.6 Å². The Balaban J connectivity index is 1.60. The molecule has 6 heteroatoms. The van der Waals surface area contributed by atoms with Gasteiger partial charge in [0.2, 0.25) is 11.8 Å². The molecule has 5 nitrogen and oxygen atoms in total. The number of aryl methyl sites for hydroxylation is 1. The van der Waals surface area contributed by atoms with Gasteiger partial charge in [-0.3, -0.25) is 19.3 Å². The zero-order valence-corrected chi connectivity index (χ0v) is 16.1. The van der Waals surface area contributed by atoms with Crippen LogP contribution in [0, 0.1) is 18.8 Å². The van der Waals surface area contributed by atoms with Crippen molar-refractivity contribution in [2.75, 3.05) is 10.2 Å². The summed E-state index contributed by atoms with van der Waals surface area (Å²) in [5, 5.41) is 3.36. The maximum Gasteiger partial charge on any atom is 0.255 e. The lowest BCUT2D eigenvalue weighted by molar-refractivity contribution is -0.122. The monoisotopic (exact) mass is 394 g/mol. The topological polar surface area (TPSA) is 66.5 Å². The number of carbonyl (C=O) groups is 3. The molecular weight excluding hydrogens is 376 g/mol. The summed E-state index contributed by atoms with van der Waals surface area (Å²) in [5.74, 6) is -1.32. The van der Waals surface area contributed by atoms with Gasteiger partial charge in [0.1, 0.15) is 0 Å². The number of carbonyl (C=O) groups excluding carboxylic acids is 3. The summed E-state index contributed by atoms with van der Waals surface area (Å²) in [7, 11) is 0. The van der Waals surface area contributed by atoms with E-state index in [0.29, 0.717) is 34.8 Å². The van der Waals surface area contributed by atoms with E-state index < -0.39 is 0 Å². The van der Waals surface area contributed by atoms with Crippen LogP contribution in [0.1, 0.15) is 28.8 Å². The van der Waals surface area contributed by atoms with Crippen molar-refractivity contribution in [1.29, 1.82) is 0 Å². The van der Waals surface area contributed by atoms with Gasteiger partial charge in [-0.2, -0.15) is 0 Å². The number of halogens is 1. The van der Waals surface area contributed by atoms with Crippen molar-refractivity contribution in [2.24, 2.45) is 11.8 Å². The number of allylic oxidation sites excluding steroid dienone is 2. The van der Waals surface area contributed by atoms with E-state index in [1.807, 2.05) is 25.1 Å². The molecule has 0 saturated carbocycles. The SMILES string of the molecule is Cc1ccc(Cl)cc1NC(=O)c1cccc(N2C(=O)[C@@H]3CC=CC[C@H]3C2=O)c1. The predicted octanol–water partition coefficient (Wildman–Crippen LogP) is 4.36. The second kappa shape index (κ2) is 7.24. The third kappa shape index (κ3) is 3.22. The fourth-order valence-electron chi connectivity index (χ4n) is 3.76. The number of benzene rings is 2. The molecule has 0 unspecified atom stereocenters. The highest BCUT2D eigenvalue weighted by Crippen LogP contribution is 2.37. The zero-order chi connectivity index (χ0) is 19.8. The summed E-state index contributed by atoms with van der Waals surface area (Å²) < 4.78 is 0. The minimum absolute atomic E-state index is 0.192. The van der Waals surface area contributed by atoms with Gasteiger partial charge in [0, 0.05) is 16.3 Å². The van der Waals surface area contributed by atoms with Gasteiger partial charge in [0.25, 0.3) is 5.91 Å². The fraction of sp³-hybridized carbons (Fsp3) is 0.227. The number of amides is 3. The smallest absolute Gasteiger partial charge is 0.255 e. The number of nitrogens with zero attached hydrogens (tertiary/aromatic N) is 1. The average Bonchev–Trinajstić information content (AvgIpc) is 2.95. The minimum Gasteiger partial charge on any atom is -0.322 e. The Hall–Kier alpha value is -2.92. The number of nitrogens with one attached hydrogen (secondary N) is 1. The maximum absolute atomic E-state index is 12.8. The van der Waals surface area contributed by atoms with Crippen molar-refractivity contribution in [3.63, 3.8) is 0 Å². The van der Waals surface area contributed by atoms with E-state index in [0.717, 1.165) is 5.56 Å². The summed E-state index contributed by atoms with van der Waals surface area (Å²) in [6.07, 6.45) is 5.07. The number of imide groups is 1. The van der Waals surface area contributed by atoms with Crippen molar-refractivity contribution < 1.29 is 14.4 Å². The largest absolute Gasteiger partial charge is 0.322 e. The number of anilines is 2. The molecule has 28 heavy (non-hydrogen) atoms. The molecule has 2 aromatic rings. The molecule has 0 aromatic heterocycles. The van der Waals surface area contributed by atoms with Crippen LogP contribution < -0.4 is 10.2 Å². The van der Waals surface area contributed by atoms with Gasteiger partial charge in [-0.1, -0.05) is 35.9 Å². The highest BCUT2D eigenvalue weighted by atomic mass is 35.5. The van der Waals surface area contributed by atoms with Crippen LogP contribution in [0.3, 0.4) is 0 Å². The van der Waals surface area contributed by atoms with Gasteiger partial charge in [-0.05, 0) is 55.7 Å². The number of hydrogen-bond acceptors (Lipinski definition) is 3. The second-order valence-corrected chi connectivity index (χ2v) is 7.57. The van der Waals surface area contributed by atoms with Crippen molar-refractivity contribution >= 4 is 40.7 Å². The van der Waals surface area contributed by atoms with Crippen LogP contribution >= 0.6 is 11.6 Å². The Morgan fingerprint density at radius 2 is 1.71 bits per heavy atom. The summed E-state index contributed by atoms with van der Waals surface area (Å²) in [6.45, 7) is 1.87. The molecule has 1 fully saturated rings. The lowest BCUT2D eigenvalue weighted by atomic mass is 9.85.